The van der Waals surface area contributed by atoms with Gasteiger partial charge in [-0.3, -0.25) is 19.8 Å². The van der Waals surface area contributed by atoms with Crippen molar-refractivity contribution in [3.05, 3.63) is 56.3 Å². The van der Waals surface area contributed by atoms with Crippen LogP contribution in [0.5, 0.6) is 0 Å². The van der Waals surface area contributed by atoms with Gasteiger partial charge >= 0.3 is 0 Å². The van der Waals surface area contributed by atoms with Gasteiger partial charge in [-0.25, -0.2) is 0 Å². The molecule has 120 valence electrons. The lowest BCUT2D eigenvalue weighted by molar-refractivity contribution is -0.384. The number of nitro groups is 1. The molecule has 0 saturated heterocycles. The van der Waals surface area contributed by atoms with Crippen molar-refractivity contribution in [3.8, 4) is 0 Å². The lowest BCUT2D eigenvalue weighted by atomic mass is 10.1. The fourth-order valence-corrected chi connectivity index (χ4v) is 3.57. The van der Waals surface area contributed by atoms with E-state index in [4.69, 9.17) is 0 Å². The van der Waals surface area contributed by atoms with Crippen molar-refractivity contribution in [2.75, 3.05) is 25.0 Å². The maximum absolute atomic E-state index is 12.4. The molecule has 0 unspecified atom stereocenters. The van der Waals surface area contributed by atoms with Crippen molar-refractivity contribution >= 4 is 28.6 Å². The highest BCUT2D eigenvalue weighted by molar-refractivity contribution is 7.10. The van der Waals surface area contributed by atoms with Crippen LogP contribution in [0.1, 0.15) is 10.4 Å². The van der Waals surface area contributed by atoms with Gasteiger partial charge in [-0.2, -0.15) is 0 Å². The number of fused-ring (bicyclic) bond motifs is 1. The van der Waals surface area contributed by atoms with Gasteiger partial charge in [0.05, 0.1) is 11.5 Å². The number of non-ortho nitro benzene ring substituents is 1. The van der Waals surface area contributed by atoms with E-state index >= 15 is 0 Å². The van der Waals surface area contributed by atoms with Gasteiger partial charge in [0.2, 0.25) is 5.91 Å². The largest absolute Gasteiger partial charge is 0.314 e. The number of amides is 1. The van der Waals surface area contributed by atoms with Crippen LogP contribution >= 0.6 is 11.3 Å². The average Bonchev–Trinajstić information content (AvgIpc) is 3.01. The molecule has 0 fully saturated rings. The molecule has 1 aromatic carbocycles. The van der Waals surface area contributed by atoms with E-state index in [0.29, 0.717) is 12.2 Å². The van der Waals surface area contributed by atoms with E-state index in [0.717, 1.165) is 19.5 Å². The molecule has 0 aliphatic carbocycles. The number of carbonyl (C=O) groups excluding carboxylic acids is 1. The Kier molecular flexibility index (Phi) is 4.40. The second-order valence-corrected chi connectivity index (χ2v) is 6.56. The molecule has 7 heteroatoms. The summed E-state index contributed by atoms with van der Waals surface area (Å²) in [6, 6.07) is 8.15. The number of carbonyl (C=O) groups is 1. The zero-order valence-electron chi connectivity index (χ0n) is 12.8. The lowest BCUT2D eigenvalue weighted by Gasteiger charge is -2.28. The Morgan fingerprint density at radius 3 is 2.78 bits per heavy atom. The Bertz CT molecular complexity index is 726. The first-order chi connectivity index (χ1) is 11.0. The van der Waals surface area contributed by atoms with Gasteiger partial charge < -0.3 is 4.90 Å². The second kappa shape index (κ2) is 6.47. The van der Waals surface area contributed by atoms with Crippen molar-refractivity contribution < 1.29 is 9.72 Å². The van der Waals surface area contributed by atoms with Gasteiger partial charge in [0.1, 0.15) is 0 Å². The average molecular weight is 331 g/mol. The van der Waals surface area contributed by atoms with Crippen LogP contribution in [0.3, 0.4) is 0 Å². The van der Waals surface area contributed by atoms with Crippen LogP contribution in [0.15, 0.2) is 35.7 Å². The van der Waals surface area contributed by atoms with Crippen LogP contribution < -0.4 is 4.90 Å². The molecule has 6 nitrogen and oxygen atoms in total. The minimum Gasteiger partial charge on any atom is -0.314 e. The van der Waals surface area contributed by atoms with Crippen molar-refractivity contribution in [3.63, 3.8) is 0 Å². The fraction of sp³-hybridized carbons (Fsp3) is 0.312. The molecule has 1 amide bonds. The molecule has 0 radical (unpaired) electrons. The third-order valence-electron chi connectivity index (χ3n) is 4.07. The van der Waals surface area contributed by atoms with E-state index in [1.165, 1.54) is 22.6 Å². The minimum absolute atomic E-state index is 0.0162. The molecular weight excluding hydrogens is 314 g/mol. The zero-order chi connectivity index (χ0) is 16.4. The molecule has 0 bridgehead atoms. The standard InChI is InChI=1S/C16H17N3O3S/c1-17(13-2-4-14(5-3-13)19(21)22)16(20)11-18-8-6-15-12(10-18)7-9-23-15/h2-5,7,9H,6,8,10-11H2,1H3. The number of hydrogen-bond donors (Lipinski definition) is 0. The molecule has 2 aromatic rings. The molecule has 1 aliphatic rings. The SMILES string of the molecule is CN(C(=O)CN1CCc2sccc2C1)c1ccc([N+](=O)[O-])cc1. The summed E-state index contributed by atoms with van der Waals surface area (Å²) in [6.45, 7) is 2.04. The number of nitro benzene ring substituents is 1. The van der Waals surface area contributed by atoms with Crippen molar-refractivity contribution in [1.82, 2.24) is 4.90 Å². The molecular formula is C16H17N3O3S. The van der Waals surface area contributed by atoms with Crippen LogP contribution in [0.4, 0.5) is 11.4 Å². The number of thiophene rings is 1. The summed E-state index contributed by atoms with van der Waals surface area (Å²) in [4.78, 5) is 27.8. The Labute approximate surface area is 138 Å². The summed E-state index contributed by atoms with van der Waals surface area (Å²) in [7, 11) is 1.70. The minimum atomic E-state index is -0.447. The summed E-state index contributed by atoms with van der Waals surface area (Å²) in [6.07, 6.45) is 0.988. The quantitative estimate of drug-likeness (QED) is 0.638. The highest BCUT2D eigenvalue weighted by Gasteiger charge is 2.21. The molecule has 23 heavy (non-hydrogen) atoms. The normalized spacial score (nSPS) is 14.3. The highest BCUT2D eigenvalue weighted by Crippen LogP contribution is 2.24. The number of rotatable bonds is 4. The van der Waals surface area contributed by atoms with Crippen LogP contribution in [-0.4, -0.2) is 35.9 Å². The van der Waals surface area contributed by atoms with Crippen molar-refractivity contribution in [1.29, 1.82) is 0 Å². The van der Waals surface area contributed by atoms with Crippen LogP contribution in [-0.2, 0) is 17.8 Å². The van der Waals surface area contributed by atoms with E-state index in [2.05, 4.69) is 16.3 Å². The first-order valence-corrected chi connectivity index (χ1v) is 8.21. The van der Waals surface area contributed by atoms with Crippen LogP contribution in [0, 0.1) is 10.1 Å². The third kappa shape index (κ3) is 3.40. The van der Waals surface area contributed by atoms with E-state index in [1.807, 2.05) is 0 Å². The van der Waals surface area contributed by atoms with E-state index in [9.17, 15) is 14.9 Å². The van der Waals surface area contributed by atoms with Gasteiger partial charge in [0, 0.05) is 42.8 Å². The number of hydrogen-bond acceptors (Lipinski definition) is 5. The molecule has 0 spiro atoms. The summed E-state index contributed by atoms with van der Waals surface area (Å²) in [5.74, 6) is -0.0162. The molecule has 1 aromatic heterocycles. The van der Waals surface area contributed by atoms with E-state index < -0.39 is 4.92 Å². The van der Waals surface area contributed by atoms with Crippen LogP contribution in [0.2, 0.25) is 0 Å². The van der Waals surface area contributed by atoms with E-state index in [-0.39, 0.29) is 11.6 Å². The maximum atomic E-state index is 12.4. The van der Waals surface area contributed by atoms with Gasteiger partial charge in [-0.15, -0.1) is 11.3 Å². The number of nitrogens with zero attached hydrogens (tertiary/aromatic N) is 3. The summed E-state index contributed by atoms with van der Waals surface area (Å²) in [5.41, 5.74) is 2.00. The number of anilines is 1. The fourth-order valence-electron chi connectivity index (χ4n) is 2.68. The van der Waals surface area contributed by atoms with E-state index in [1.54, 1.807) is 35.4 Å². The Morgan fingerprint density at radius 2 is 2.09 bits per heavy atom. The van der Waals surface area contributed by atoms with Gasteiger partial charge in [0.15, 0.2) is 0 Å². The lowest BCUT2D eigenvalue weighted by Crippen LogP contribution is -2.40. The highest BCUT2D eigenvalue weighted by atomic mass is 32.1. The molecule has 0 N–H and O–H groups in total. The topological polar surface area (TPSA) is 66.7 Å². The van der Waals surface area contributed by atoms with Crippen molar-refractivity contribution in [2.24, 2.45) is 0 Å². The molecule has 0 saturated carbocycles. The molecule has 1 aliphatic heterocycles. The predicted molar refractivity (Wildman–Crippen MR) is 89.8 cm³/mol. The first-order valence-electron chi connectivity index (χ1n) is 7.33. The van der Waals surface area contributed by atoms with Gasteiger partial charge in [-0.05, 0) is 35.6 Å². The Hall–Kier alpha value is -2.25. The summed E-state index contributed by atoms with van der Waals surface area (Å²) in [5, 5.41) is 12.8. The zero-order valence-corrected chi connectivity index (χ0v) is 13.6. The number of benzene rings is 1. The molecule has 3 rings (SSSR count). The third-order valence-corrected chi connectivity index (χ3v) is 5.09. The smallest absolute Gasteiger partial charge is 0.269 e. The predicted octanol–water partition coefficient (Wildman–Crippen LogP) is 2.68. The first kappa shape index (κ1) is 15.6. The Morgan fingerprint density at radius 1 is 1.35 bits per heavy atom. The summed E-state index contributed by atoms with van der Waals surface area (Å²) < 4.78 is 0. The molecule has 0 atom stereocenters. The maximum Gasteiger partial charge on any atom is 0.269 e. The Balaban J connectivity index is 1.63. The van der Waals surface area contributed by atoms with Gasteiger partial charge in [0.25, 0.3) is 5.69 Å². The van der Waals surface area contributed by atoms with Gasteiger partial charge in [-0.1, -0.05) is 0 Å². The summed E-state index contributed by atoms with van der Waals surface area (Å²) >= 11 is 1.78. The monoisotopic (exact) mass is 331 g/mol. The van der Waals surface area contributed by atoms with Crippen molar-refractivity contribution in [2.45, 2.75) is 13.0 Å². The molecule has 2 heterocycles. The van der Waals surface area contributed by atoms with Crippen LogP contribution in [0.25, 0.3) is 0 Å². The number of likely N-dealkylation sites (N-methyl/N-ethyl adjacent to an activating group) is 1. The second-order valence-electron chi connectivity index (χ2n) is 5.56.